The van der Waals surface area contributed by atoms with Crippen LogP contribution in [0.1, 0.15) is 15.9 Å². The molecule has 0 aliphatic heterocycles. The number of nitrogens with one attached hydrogen (secondary N) is 1. The summed E-state index contributed by atoms with van der Waals surface area (Å²) in [4.78, 5) is 11.3. The normalized spacial score (nSPS) is 10.2. The van der Waals surface area contributed by atoms with Crippen LogP contribution in [0.4, 0.5) is 17.1 Å². The van der Waals surface area contributed by atoms with Gasteiger partial charge in [-0.3, -0.25) is 4.79 Å². The molecule has 98 valence electrons. The Morgan fingerprint density at radius 3 is 2.53 bits per heavy atom. The second-order valence-corrected chi connectivity index (χ2v) is 5.08. The molecular weight excluding hydrogens is 306 g/mol. The molecule has 0 aliphatic rings. The van der Waals surface area contributed by atoms with E-state index >= 15 is 0 Å². The summed E-state index contributed by atoms with van der Waals surface area (Å²) in [6.07, 6.45) is 0. The van der Waals surface area contributed by atoms with Crippen molar-refractivity contribution in [2.24, 2.45) is 5.73 Å². The number of halogens is 1. The molecule has 19 heavy (non-hydrogen) atoms. The monoisotopic (exact) mass is 319 g/mol. The topological polar surface area (TPSA) is 81.1 Å². The molecule has 0 saturated carbocycles. The van der Waals surface area contributed by atoms with Gasteiger partial charge in [-0.2, -0.15) is 0 Å². The molecule has 0 atom stereocenters. The number of hydrogen-bond acceptors (Lipinski definition) is 3. The Labute approximate surface area is 119 Å². The molecule has 0 heterocycles. The summed E-state index contributed by atoms with van der Waals surface area (Å²) in [7, 11) is 0. The molecule has 1 amide bonds. The minimum atomic E-state index is -0.544. The van der Waals surface area contributed by atoms with Crippen LogP contribution in [-0.4, -0.2) is 5.91 Å². The van der Waals surface area contributed by atoms with E-state index < -0.39 is 5.91 Å². The zero-order valence-electron chi connectivity index (χ0n) is 10.4. The largest absolute Gasteiger partial charge is 0.398 e. The highest BCUT2D eigenvalue weighted by Crippen LogP contribution is 2.31. The van der Waals surface area contributed by atoms with Gasteiger partial charge in [0.2, 0.25) is 0 Å². The second-order valence-electron chi connectivity index (χ2n) is 4.22. The first-order chi connectivity index (χ1) is 8.99. The SMILES string of the molecule is Cc1ccccc1Nc1cc(C(N)=O)c(N)cc1Br. The quantitative estimate of drug-likeness (QED) is 0.760. The van der Waals surface area contributed by atoms with Crippen LogP contribution in [0.2, 0.25) is 0 Å². The fraction of sp³-hybridized carbons (Fsp3) is 0.0714. The van der Waals surface area contributed by atoms with Gasteiger partial charge in [0.15, 0.2) is 0 Å². The lowest BCUT2D eigenvalue weighted by Crippen LogP contribution is -2.14. The first kappa shape index (κ1) is 13.4. The molecule has 0 saturated heterocycles. The predicted molar refractivity (Wildman–Crippen MR) is 81.5 cm³/mol. The third-order valence-electron chi connectivity index (χ3n) is 2.82. The van der Waals surface area contributed by atoms with Crippen LogP contribution >= 0.6 is 15.9 Å². The number of nitrogen functional groups attached to an aromatic ring is 1. The molecule has 5 heteroatoms. The Morgan fingerprint density at radius 2 is 1.89 bits per heavy atom. The Hall–Kier alpha value is -2.01. The first-order valence-corrected chi connectivity index (χ1v) is 6.50. The average Bonchev–Trinajstić information content (AvgIpc) is 2.34. The van der Waals surface area contributed by atoms with Crippen LogP contribution in [0.15, 0.2) is 40.9 Å². The van der Waals surface area contributed by atoms with E-state index in [9.17, 15) is 4.79 Å². The van der Waals surface area contributed by atoms with E-state index in [-0.39, 0.29) is 0 Å². The Kier molecular flexibility index (Phi) is 3.76. The van der Waals surface area contributed by atoms with Gasteiger partial charge in [0.25, 0.3) is 5.91 Å². The number of amides is 1. The molecular formula is C14H14BrN3O. The number of rotatable bonds is 3. The number of hydrogen-bond donors (Lipinski definition) is 3. The number of anilines is 3. The summed E-state index contributed by atoms with van der Waals surface area (Å²) in [5, 5.41) is 3.25. The number of nitrogens with two attached hydrogens (primary N) is 2. The Bertz CT molecular complexity index is 641. The van der Waals surface area contributed by atoms with Gasteiger partial charge in [-0.15, -0.1) is 0 Å². The summed E-state index contributed by atoms with van der Waals surface area (Å²) >= 11 is 3.42. The zero-order chi connectivity index (χ0) is 14.0. The van der Waals surface area contributed by atoms with Crippen LogP contribution in [0, 0.1) is 6.92 Å². The second kappa shape index (κ2) is 5.32. The molecule has 5 N–H and O–H groups in total. The lowest BCUT2D eigenvalue weighted by atomic mass is 10.1. The molecule has 0 fully saturated rings. The van der Waals surface area contributed by atoms with E-state index in [1.54, 1.807) is 12.1 Å². The van der Waals surface area contributed by atoms with Crippen molar-refractivity contribution in [2.75, 3.05) is 11.1 Å². The molecule has 0 unspecified atom stereocenters. The predicted octanol–water partition coefficient (Wildman–Crippen LogP) is 3.18. The lowest BCUT2D eigenvalue weighted by Gasteiger charge is -2.13. The molecule has 0 spiro atoms. The smallest absolute Gasteiger partial charge is 0.250 e. The number of para-hydroxylation sites is 1. The van der Waals surface area contributed by atoms with Gasteiger partial charge in [-0.25, -0.2) is 0 Å². The molecule has 0 bridgehead atoms. The van der Waals surface area contributed by atoms with E-state index in [1.807, 2.05) is 31.2 Å². The van der Waals surface area contributed by atoms with Gasteiger partial charge in [-0.05, 0) is 46.6 Å². The van der Waals surface area contributed by atoms with Crippen molar-refractivity contribution in [2.45, 2.75) is 6.92 Å². The maximum absolute atomic E-state index is 11.3. The summed E-state index contributed by atoms with van der Waals surface area (Å²) in [5.74, 6) is -0.544. The average molecular weight is 320 g/mol. The van der Waals surface area contributed by atoms with E-state index in [4.69, 9.17) is 11.5 Å². The zero-order valence-corrected chi connectivity index (χ0v) is 12.0. The van der Waals surface area contributed by atoms with Gasteiger partial charge in [0.1, 0.15) is 0 Å². The molecule has 0 aliphatic carbocycles. The molecule has 2 aromatic carbocycles. The maximum atomic E-state index is 11.3. The standard InChI is InChI=1S/C14H14BrN3O/c1-8-4-2-3-5-12(8)18-13-6-9(14(17)19)11(16)7-10(13)15/h2-7,18H,16H2,1H3,(H2,17,19). The first-order valence-electron chi connectivity index (χ1n) is 5.70. The van der Waals surface area contributed by atoms with Gasteiger partial charge in [-0.1, -0.05) is 18.2 Å². The minimum absolute atomic E-state index is 0.305. The summed E-state index contributed by atoms with van der Waals surface area (Å²) in [6, 6.07) is 11.2. The highest BCUT2D eigenvalue weighted by molar-refractivity contribution is 9.10. The molecule has 2 rings (SSSR count). The van der Waals surface area contributed by atoms with Crippen LogP contribution < -0.4 is 16.8 Å². The fourth-order valence-corrected chi connectivity index (χ4v) is 2.22. The maximum Gasteiger partial charge on any atom is 0.250 e. The van der Waals surface area contributed by atoms with E-state index in [0.29, 0.717) is 11.3 Å². The molecule has 2 aromatic rings. The van der Waals surface area contributed by atoms with Crippen LogP contribution in [0.5, 0.6) is 0 Å². The van der Waals surface area contributed by atoms with Crippen LogP contribution in [-0.2, 0) is 0 Å². The van der Waals surface area contributed by atoms with Crippen molar-refractivity contribution in [1.29, 1.82) is 0 Å². The van der Waals surface area contributed by atoms with E-state index in [1.165, 1.54) is 0 Å². The van der Waals surface area contributed by atoms with Crippen molar-refractivity contribution in [3.05, 3.63) is 52.0 Å². The molecule has 0 aromatic heterocycles. The van der Waals surface area contributed by atoms with Gasteiger partial charge >= 0.3 is 0 Å². The third kappa shape index (κ3) is 2.88. The van der Waals surface area contributed by atoms with Crippen molar-refractivity contribution >= 4 is 38.9 Å². The highest BCUT2D eigenvalue weighted by atomic mass is 79.9. The van der Waals surface area contributed by atoms with Gasteiger partial charge < -0.3 is 16.8 Å². The number of benzene rings is 2. The van der Waals surface area contributed by atoms with Crippen molar-refractivity contribution in [3.8, 4) is 0 Å². The van der Waals surface area contributed by atoms with E-state index in [0.717, 1.165) is 21.4 Å². The summed E-state index contributed by atoms with van der Waals surface area (Å²) < 4.78 is 0.776. The molecule has 0 radical (unpaired) electrons. The third-order valence-corrected chi connectivity index (χ3v) is 3.48. The van der Waals surface area contributed by atoms with E-state index in [2.05, 4.69) is 21.2 Å². The van der Waals surface area contributed by atoms with Crippen molar-refractivity contribution in [1.82, 2.24) is 0 Å². The van der Waals surface area contributed by atoms with Crippen LogP contribution in [0.25, 0.3) is 0 Å². The Balaban J connectivity index is 2.43. The fourth-order valence-electron chi connectivity index (χ4n) is 1.76. The van der Waals surface area contributed by atoms with Gasteiger partial charge in [0, 0.05) is 15.8 Å². The van der Waals surface area contributed by atoms with Crippen molar-refractivity contribution < 1.29 is 4.79 Å². The van der Waals surface area contributed by atoms with Gasteiger partial charge in [0.05, 0.1) is 11.3 Å². The lowest BCUT2D eigenvalue weighted by molar-refractivity contribution is 0.100. The summed E-state index contributed by atoms with van der Waals surface area (Å²) in [5.41, 5.74) is 14.5. The minimum Gasteiger partial charge on any atom is -0.398 e. The van der Waals surface area contributed by atoms with Crippen LogP contribution in [0.3, 0.4) is 0 Å². The van der Waals surface area contributed by atoms with Crippen molar-refractivity contribution in [3.63, 3.8) is 0 Å². The number of carbonyl (C=O) groups is 1. The summed E-state index contributed by atoms with van der Waals surface area (Å²) in [6.45, 7) is 2.00. The number of aryl methyl sites for hydroxylation is 1. The Morgan fingerprint density at radius 1 is 1.21 bits per heavy atom. The number of primary amides is 1. The molecule has 4 nitrogen and oxygen atoms in total. The highest BCUT2D eigenvalue weighted by Gasteiger charge is 2.11. The number of carbonyl (C=O) groups excluding carboxylic acids is 1.